The third-order valence-electron chi connectivity index (χ3n) is 2.16. The summed E-state index contributed by atoms with van der Waals surface area (Å²) >= 11 is 3.41. The second-order valence-electron chi connectivity index (χ2n) is 3.57. The van der Waals surface area contributed by atoms with Gasteiger partial charge in [0.15, 0.2) is 0 Å². The van der Waals surface area contributed by atoms with Gasteiger partial charge in [0.2, 0.25) is 0 Å². The number of nitrogens with two attached hydrogens (primary N) is 1. The summed E-state index contributed by atoms with van der Waals surface area (Å²) in [5, 5.41) is 3.38. The summed E-state index contributed by atoms with van der Waals surface area (Å²) in [6.07, 6.45) is 1.07. The third-order valence-corrected chi connectivity index (χ3v) is 2.69. The minimum Gasteiger partial charge on any atom is -0.385 e. The van der Waals surface area contributed by atoms with Gasteiger partial charge in [-0.15, -0.1) is 0 Å². The molecule has 3 heteroatoms. The molecule has 0 saturated heterocycles. The molecule has 1 aromatic rings. The van der Waals surface area contributed by atoms with E-state index < -0.39 is 0 Å². The first-order valence-electron chi connectivity index (χ1n) is 4.92. The molecule has 0 radical (unpaired) electrons. The fourth-order valence-electron chi connectivity index (χ4n) is 1.25. The van der Waals surface area contributed by atoms with Crippen molar-refractivity contribution in [2.75, 3.05) is 18.4 Å². The summed E-state index contributed by atoms with van der Waals surface area (Å²) in [4.78, 5) is 0. The quantitative estimate of drug-likeness (QED) is 0.851. The maximum absolute atomic E-state index is 5.48. The average Bonchev–Trinajstić information content (AvgIpc) is 2.17. The molecule has 1 atom stereocenters. The Morgan fingerprint density at radius 2 is 2.00 bits per heavy atom. The Kier molecular flexibility index (Phi) is 4.98. The van der Waals surface area contributed by atoms with Gasteiger partial charge in [-0.25, -0.2) is 0 Å². The molecule has 0 bridgehead atoms. The number of halogens is 1. The summed E-state index contributed by atoms with van der Waals surface area (Å²) in [6, 6.07) is 8.21. The number of rotatable bonds is 5. The van der Waals surface area contributed by atoms with Crippen molar-refractivity contribution < 1.29 is 0 Å². The Morgan fingerprint density at radius 1 is 1.36 bits per heavy atom. The van der Waals surface area contributed by atoms with Crippen LogP contribution < -0.4 is 11.1 Å². The first-order valence-corrected chi connectivity index (χ1v) is 5.71. The van der Waals surface area contributed by atoms with Crippen LogP contribution in [0.15, 0.2) is 28.7 Å². The van der Waals surface area contributed by atoms with E-state index in [1.165, 1.54) is 0 Å². The summed E-state index contributed by atoms with van der Waals surface area (Å²) in [5.41, 5.74) is 6.65. The zero-order valence-electron chi connectivity index (χ0n) is 8.46. The molecule has 0 spiro atoms. The van der Waals surface area contributed by atoms with E-state index in [4.69, 9.17) is 5.73 Å². The van der Waals surface area contributed by atoms with Crippen molar-refractivity contribution in [1.82, 2.24) is 0 Å². The van der Waals surface area contributed by atoms with E-state index in [9.17, 15) is 0 Å². The first kappa shape index (κ1) is 11.5. The maximum Gasteiger partial charge on any atom is 0.0341 e. The highest BCUT2D eigenvalue weighted by molar-refractivity contribution is 9.10. The van der Waals surface area contributed by atoms with Crippen molar-refractivity contribution in [2.24, 2.45) is 11.7 Å². The minimum absolute atomic E-state index is 0.628. The Morgan fingerprint density at radius 3 is 2.57 bits per heavy atom. The Labute approximate surface area is 94.0 Å². The number of hydrogen-bond donors (Lipinski definition) is 2. The molecule has 1 aromatic carbocycles. The topological polar surface area (TPSA) is 38.0 Å². The molecule has 78 valence electrons. The van der Waals surface area contributed by atoms with Crippen LogP contribution in [-0.2, 0) is 0 Å². The smallest absolute Gasteiger partial charge is 0.0341 e. The molecule has 1 rings (SSSR count). The fraction of sp³-hybridized carbons (Fsp3) is 0.455. The van der Waals surface area contributed by atoms with E-state index in [0.29, 0.717) is 5.92 Å². The second-order valence-corrected chi connectivity index (χ2v) is 4.49. The average molecular weight is 257 g/mol. The van der Waals surface area contributed by atoms with Crippen LogP contribution in [-0.4, -0.2) is 13.1 Å². The van der Waals surface area contributed by atoms with E-state index in [1.54, 1.807) is 0 Å². The minimum atomic E-state index is 0.628. The van der Waals surface area contributed by atoms with Gasteiger partial charge in [-0.3, -0.25) is 0 Å². The molecule has 0 aromatic heterocycles. The van der Waals surface area contributed by atoms with Crippen LogP contribution >= 0.6 is 15.9 Å². The van der Waals surface area contributed by atoms with Crippen LogP contribution in [0.3, 0.4) is 0 Å². The van der Waals surface area contributed by atoms with Gasteiger partial charge in [0.05, 0.1) is 0 Å². The molecule has 0 aliphatic rings. The SMILES string of the molecule is CC(CCN)CNc1ccc(Br)cc1. The van der Waals surface area contributed by atoms with Gasteiger partial charge < -0.3 is 11.1 Å². The van der Waals surface area contributed by atoms with Crippen LogP contribution in [0, 0.1) is 5.92 Å². The van der Waals surface area contributed by atoms with E-state index in [-0.39, 0.29) is 0 Å². The Balaban J connectivity index is 2.34. The molecular formula is C11H17BrN2. The van der Waals surface area contributed by atoms with Crippen LogP contribution in [0.2, 0.25) is 0 Å². The number of benzene rings is 1. The van der Waals surface area contributed by atoms with Gasteiger partial charge in [0.25, 0.3) is 0 Å². The zero-order valence-corrected chi connectivity index (χ0v) is 10.0. The van der Waals surface area contributed by atoms with Crippen molar-refractivity contribution in [2.45, 2.75) is 13.3 Å². The molecule has 1 unspecified atom stereocenters. The van der Waals surface area contributed by atoms with Crippen molar-refractivity contribution in [1.29, 1.82) is 0 Å². The molecule has 0 saturated carbocycles. The maximum atomic E-state index is 5.48. The van der Waals surface area contributed by atoms with E-state index in [1.807, 2.05) is 12.1 Å². The summed E-state index contributed by atoms with van der Waals surface area (Å²) in [5.74, 6) is 0.628. The highest BCUT2D eigenvalue weighted by Gasteiger charge is 1.99. The van der Waals surface area contributed by atoms with Crippen molar-refractivity contribution in [3.63, 3.8) is 0 Å². The standard InChI is InChI=1S/C11H17BrN2/c1-9(6-7-13)8-14-11-4-2-10(12)3-5-11/h2-5,9,14H,6-8,13H2,1H3. The summed E-state index contributed by atoms with van der Waals surface area (Å²) in [6.45, 7) is 3.96. The Hall–Kier alpha value is -0.540. The van der Waals surface area contributed by atoms with Crippen molar-refractivity contribution in [3.05, 3.63) is 28.7 Å². The molecule has 0 heterocycles. The van der Waals surface area contributed by atoms with Crippen LogP contribution in [0.5, 0.6) is 0 Å². The molecule has 14 heavy (non-hydrogen) atoms. The van der Waals surface area contributed by atoms with Gasteiger partial charge in [-0.2, -0.15) is 0 Å². The zero-order chi connectivity index (χ0) is 10.4. The van der Waals surface area contributed by atoms with Gasteiger partial charge in [0.1, 0.15) is 0 Å². The lowest BCUT2D eigenvalue weighted by Crippen LogP contribution is -2.15. The highest BCUT2D eigenvalue weighted by atomic mass is 79.9. The predicted octanol–water partition coefficient (Wildman–Crippen LogP) is 2.85. The monoisotopic (exact) mass is 256 g/mol. The number of nitrogens with one attached hydrogen (secondary N) is 1. The second kappa shape index (κ2) is 6.04. The fourth-order valence-corrected chi connectivity index (χ4v) is 1.51. The van der Waals surface area contributed by atoms with Crippen LogP contribution in [0.4, 0.5) is 5.69 Å². The number of hydrogen-bond acceptors (Lipinski definition) is 2. The van der Waals surface area contributed by atoms with Crippen molar-refractivity contribution in [3.8, 4) is 0 Å². The first-order chi connectivity index (χ1) is 6.72. The highest BCUT2D eigenvalue weighted by Crippen LogP contribution is 2.14. The third kappa shape index (κ3) is 4.11. The lowest BCUT2D eigenvalue weighted by molar-refractivity contribution is 0.568. The molecule has 2 nitrogen and oxygen atoms in total. The molecule has 0 amide bonds. The normalized spacial score (nSPS) is 12.5. The van der Waals surface area contributed by atoms with Gasteiger partial charge in [-0.05, 0) is 43.1 Å². The van der Waals surface area contributed by atoms with Crippen LogP contribution in [0.25, 0.3) is 0 Å². The van der Waals surface area contributed by atoms with Gasteiger partial charge in [-0.1, -0.05) is 22.9 Å². The lowest BCUT2D eigenvalue weighted by atomic mass is 10.1. The Bertz CT molecular complexity index is 258. The van der Waals surface area contributed by atoms with E-state index >= 15 is 0 Å². The van der Waals surface area contributed by atoms with Crippen molar-refractivity contribution >= 4 is 21.6 Å². The van der Waals surface area contributed by atoms with E-state index in [2.05, 4.69) is 40.3 Å². The summed E-state index contributed by atoms with van der Waals surface area (Å²) < 4.78 is 1.11. The largest absolute Gasteiger partial charge is 0.385 e. The molecule has 3 N–H and O–H groups in total. The van der Waals surface area contributed by atoms with Gasteiger partial charge in [0, 0.05) is 16.7 Å². The predicted molar refractivity (Wildman–Crippen MR) is 65.5 cm³/mol. The number of anilines is 1. The molecular weight excluding hydrogens is 240 g/mol. The molecule has 0 aliphatic heterocycles. The van der Waals surface area contributed by atoms with Crippen LogP contribution in [0.1, 0.15) is 13.3 Å². The van der Waals surface area contributed by atoms with E-state index in [0.717, 1.165) is 29.7 Å². The molecule has 0 fully saturated rings. The lowest BCUT2D eigenvalue weighted by Gasteiger charge is -2.12. The van der Waals surface area contributed by atoms with Gasteiger partial charge >= 0.3 is 0 Å². The molecule has 0 aliphatic carbocycles. The summed E-state index contributed by atoms with van der Waals surface area (Å²) in [7, 11) is 0.